The van der Waals surface area contributed by atoms with Crippen molar-refractivity contribution in [2.24, 2.45) is 7.05 Å². The molecule has 0 fully saturated rings. The van der Waals surface area contributed by atoms with E-state index in [-0.39, 0.29) is 28.3 Å². The van der Waals surface area contributed by atoms with E-state index in [1.54, 1.807) is 66.1 Å². The first-order chi connectivity index (χ1) is 17.1. The summed E-state index contributed by atoms with van der Waals surface area (Å²) in [4.78, 5) is 38.4. The molecule has 1 heterocycles. The molecule has 0 aliphatic heterocycles. The molecule has 2 N–H and O–H groups in total. The Labute approximate surface area is 219 Å². The fourth-order valence-corrected chi connectivity index (χ4v) is 3.96. The first kappa shape index (κ1) is 28.1. The molecule has 0 saturated heterocycles. The number of carbonyl (C=O) groups is 2. The Hall–Kier alpha value is -3.49. The molecule has 0 spiro atoms. The van der Waals surface area contributed by atoms with Crippen LogP contribution in [0.1, 0.15) is 61.7 Å². The number of halogens is 2. The van der Waals surface area contributed by atoms with Crippen LogP contribution in [0, 0.1) is 5.82 Å². The van der Waals surface area contributed by atoms with E-state index in [1.165, 1.54) is 16.7 Å². The highest BCUT2D eigenvalue weighted by Gasteiger charge is 2.24. The second kappa shape index (κ2) is 10.5. The van der Waals surface area contributed by atoms with Crippen LogP contribution in [0.2, 0.25) is 5.02 Å². The Balaban J connectivity index is 2.20. The number of nitrogens with zero attached hydrogens (tertiary/aromatic N) is 1. The Morgan fingerprint density at radius 2 is 1.68 bits per heavy atom. The lowest BCUT2D eigenvalue weighted by Gasteiger charge is -2.22. The first-order valence-electron chi connectivity index (χ1n) is 11.6. The summed E-state index contributed by atoms with van der Waals surface area (Å²) in [6.45, 7) is 8.36. The van der Waals surface area contributed by atoms with E-state index in [0.717, 1.165) is 12.1 Å². The van der Waals surface area contributed by atoms with Crippen molar-refractivity contribution in [2.75, 3.05) is 0 Å². The van der Waals surface area contributed by atoms with Crippen LogP contribution in [0.4, 0.5) is 9.18 Å². The molecule has 0 saturated carbocycles. The molecule has 3 aromatic rings. The number of hydrogen-bond acceptors (Lipinski definition) is 5. The number of nitrogens with one attached hydrogen (secondary N) is 1. The van der Waals surface area contributed by atoms with Crippen LogP contribution < -0.4 is 10.9 Å². The number of hydrogen-bond donors (Lipinski definition) is 2. The minimum Gasteiger partial charge on any atom is -0.444 e. The molecule has 2 aromatic carbocycles. The number of rotatable bonds is 6. The quantitative estimate of drug-likeness (QED) is 0.422. The number of ether oxygens (including phenoxy) is 1. The lowest BCUT2D eigenvalue weighted by molar-refractivity contribution is 0.0523. The van der Waals surface area contributed by atoms with Crippen LogP contribution in [-0.4, -0.2) is 27.2 Å². The molecule has 9 heteroatoms. The molecule has 196 valence electrons. The fourth-order valence-electron chi connectivity index (χ4n) is 3.70. The summed E-state index contributed by atoms with van der Waals surface area (Å²) in [6.07, 6.45) is 0.889. The Kier molecular flexibility index (Phi) is 7.95. The predicted molar refractivity (Wildman–Crippen MR) is 140 cm³/mol. The van der Waals surface area contributed by atoms with E-state index in [4.69, 9.17) is 16.3 Å². The second-order valence-electron chi connectivity index (χ2n) is 10.3. The average Bonchev–Trinajstić information content (AvgIpc) is 2.77. The van der Waals surface area contributed by atoms with E-state index >= 15 is 0 Å². The molecule has 0 bridgehead atoms. The molecule has 0 atom stereocenters. The highest BCUT2D eigenvalue weighted by atomic mass is 35.5. The number of benzene rings is 2. The Bertz CT molecular complexity index is 1420. The van der Waals surface area contributed by atoms with Crippen molar-refractivity contribution in [2.45, 2.75) is 52.4 Å². The molecule has 0 unspecified atom stereocenters. The first-order valence-corrected chi connectivity index (χ1v) is 12.0. The number of carbonyl (C=O) groups excluding carboxylic acids is 2. The topological polar surface area (TPSA) is 97.6 Å². The van der Waals surface area contributed by atoms with Gasteiger partial charge < -0.3 is 19.7 Å². The number of aromatic nitrogens is 1. The van der Waals surface area contributed by atoms with Crippen molar-refractivity contribution in [1.29, 1.82) is 0 Å². The van der Waals surface area contributed by atoms with Gasteiger partial charge in [-0.2, -0.15) is 0 Å². The number of aryl methyl sites for hydroxylation is 1. The summed E-state index contributed by atoms with van der Waals surface area (Å²) in [5.74, 6) is -1.05. The molecule has 0 aliphatic carbocycles. The standard InChI is InChI=1S/C28H30ClFN2O5/c1-27(2,3)37-26(35)31-14-16-11-24(33)32(6)15-22(16)21-12-17(28(4,5)36)7-9-19(21)25(34)20-10-8-18(30)13-23(20)29/h7-13,15,36H,14H2,1-6H3,(H,31,35). The van der Waals surface area contributed by atoms with Crippen LogP contribution in [-0.2, 0) is 23.9 Å². The zero-order valence-electron chi connectivity index (χ0n) is 21.6. The van der Waals surface area contributed by atoms with Gasteiger partial charge in [0.2, 0.25) is 0 Å². The van der Waals surface area contributed by atoms with Crippen LogP contribution in [0.5, 0.6) is 0 Å². The van der Waals surface area contributed by atoms with E-state index in [1.807, 2.05) is 0 Å². The maximum Gasteiger partial charge on any atom is 0.407 e. The van der Waals surface area contributed by atoms with Crippen LogP contribution in [0.15, 0.2) is 53.5 Å². The highest BCUT2D eigenvalue weighted by Crippen LogP contribution is 2.33. The van der Waals surface area contributed by atoms with Crippen LogP contribution in [0.3, 0.4) is 0 Å². The van der Waals surface area contributed by atoms with Crippen molar-refractivity contribution >= 4 is 23.5 Å². The predicted octanol–water partition coefficient (Wildman–Crippen LogP) is 5.33. The molecule has 0 aliphatic rings. The van der Waals surface area contributed by atoms with Crippen molar-refractivity contribution < 1.29 is 23.8 Å². The molecule has 0 radical (unpaired) electrons. The van der Waals surface area contributed by atoms with Gasteiger partial charge in [-0.15, -0.1) is 0 Å². The van der Waals surface area contributed by atoms with E-state index in [0.29, 0.717) is 22.3 Å². The maximum absolute atomic E-state index is 13.6. The molecular formula is C28H30ClFN2O5. The SMILES string of the molecule is Cn1cc(-c2cc(C(C)(C)O)ccc2C(=O)c2ccc(F)cc2Cl)c(CNC(=O)OC(C)(C)C)cc1=O. The largest absolute Gasteiger partial charge is 0.444 e. The minimum absolute atomic E-state index is 0.0465. The van der Waals surface area contributed by atoms with Crippen molar-refractivity contribution in [3.05, 3.63) is 92.1 Å². The second-order valence-corrected chi connectivity index (χ2v) is 10.7. The highest BCUT2D eigenvalue weighted by molar-refractivity contribution is 6.35. The third-order valence-electron chi connectivity index (χ3n) is 5.57. The molecule has 3 rings (SSSR count). The smallest absolute Gasteiger partial charge is 0.407 e. The zero-order valence-corrected chi connectivity index (χ0v) is 22.4. The third-order valence-corrected chi connectivity index (χ3v) is 5.89. The van der Waals surface area contributed by atoms with Gasteiger partial charge in [0, 0.05) is 42.5 Å². The summed E-state index contributed by atoms with van der Waals surface area (Å²) in [5, 5.41) is 13.3. The Morgan fingerprint density at radius 3 is 2.27 bits per heavy atom. The summed E-state index contributed by atoms with van der Waals surface area (Å²) in [7, 11) is 1.56. The van der Waals surface area contributed by atoms with Gasteiger partial charge in [-0.3, -0.25) is 9.59 Å². The fraction of sp³-hybridized carbons (Fsp3) is 0.321. The zero-order chi connectivity index (χ0) is 27.7. The van der Waals surface area contributed by atoms with Gasteiger partial charge in [0.15, 0.2) is 5.78 Å². The molecular weight excluding hydrogens is 499 g/mol. The minimum atomic E-state index is -1.24. The van der Waals surface area contributed by atoms with Crippen molar-refractivity contribution in [3.63, 3.8) is 0 Å². The van der Waals surface area contributed by atoms with E-state index < -0.39 is 28.9 Å². The summed E-state index contributed by atoms with van der Waals surface area (Å²) in [6, 6.07) is 9.70. The molecule has 7 nitrogen and oxygen atoms in total. The number of aliphatic hydroxyl groups is 1. The van der Waals surface area contributed by atoms with Gasteiger partial charge >= 0.3 is 6.09 Å². The van der Waals surface area contributed by atoms with E-state index in [2.05, 4.69) is 5.32 Å². The van der Waals surface area contributed by atoms with Gasteiger partial charge in [-0.1, -0.05) is 23.7 Å². The van der Waals surface area contributed by atoms with Gasteiger partial charge in [-0.05, 0) is 75.6 Å². The Morgan fingerprint density at radius 1 is 1.03 bits per heavy atom. The lowest BCUT2D eigenvalue weighted by atomic mass is 9.87. The molecule has 1 aromatic heterocycles. The molecule has 1 amide bonds. The number of amides is 1. The van der Waals surface area contributed by atoms with Crippen molar-refractivity contribution in [3.8, 4) is 11.1 Å². The number of pyridine rings is 1. The third kappa shape index (κ3) is 6.84. The summed E-state index contributed by atoms with van der Waals surface area (Å²) >= 11 is 6.18. The van der Waals surface area contributed by atoms with Gasteiger partial charge in [-0.25, -0.2) is 9.18 Å². The number of ketones is 1. The number of alkyl carbamates (subject to hydrolysis) is 1. The maximum atomic E-state index is 13.6. The van der Waals surface area contributed by atoms with Gasteiger partial charge in [0.1, 0.15) is 11.4 Å². The lowest BCUT2D eigenvalue weighted by Crippen LogP contribution is -2.32. The van der Waals surface area contributed by atoms with E-state index in [9.17, 15) is 23.9 Å². The summed E-state index contributed by atoms with van der Waals surface area (Å²) < 4.78 is 20.3. The summed E-state index contributed by atoms with van der Waals surface area (Å²) in [5.41, 5.74) is -0.124. The molecule has 37 heavy (non-hydrogen) atoms. The average molecular weight is 529 g/mol. The normalized spacial score (nSPS) is 11.8. The van der Waals surface area contributed by atoms with Crippen molar-refractivity contribution in [1.82, 2.24) is 9.88 Å². The van der Waals surface area contributed by atoms with Gasteiger partial charge in [0.25, 0.3) is 5.56 Å². The monoisotopic (exact) mass is 528 g/mol. The van der Waals surface area contributed by atoms with Crippen LogP contribution in [0.25, 0.3) is 11.1 Å². The van der Waals surface area contributed by atoms with Gasteiger partial charge in [0.05, 0.1) is 10.6 Å². The van der Waals surface area contributed by atoms with Crippen LogP contribution >= 0.6 is 11.6 Å².